The largest absolute Gasteiger partial charge is 0.507 e. The second kappa shape index (κ2) is 11.0. The van der Waals surface area contributed by atoms with E-state index in [2.05, 4.69) is 4.98 Å². The number of nitrogens with zero attached hydrogens (tertiary/aromatic N) is 2. The lowest BCUT2D eigenvalue weighted by Gasteiger charge is -2.25. The molecule has 0 spiro atoms. The predicted octanol–water partition coefficient (Wildman–Crippen LogP) is 5.71. The van der Waals surface area contributed by atoms with Gasteiger partial charge in [0.15, 0.2) is 0 Å². The number of aromatic nitrogens is 1. The summed E-state index contributed by atoms with van der Waals surface area (Å²) in [5, 5.41) is 11.8. The van der Waals surface area contributed by atoms with Crippen LogP contribution in [0.4, 0.5) is 0 Å². The molecule has 192 valence electrons. The molecule has 3 aromatic rings. The highest BCUT2D eigenvalue weighted by molar-refractivity contribution is 6.46. The molecular weight excluding hydrogens is 492 g/mol. The van der Waals surface area contributed by atoms with Gasteiger partial charge in [0.05, 0.1) is 48.2 Å². The van der Waals surface area contributed by atoms with E-state index in [4.69, 9.17) is 21.1 Å². The van der Waals surface area contributed by atoms with E-state index in [0.717, 1.165) is 5.56 Å². The van der Waals surface area contributed by atoms with Crippen molar-refractivity contribution in [3.8, 4) is 11.5 Å². The summed E-state index contributed by atoms with van der Waals surface area (Å²) >= 11 is 6.38. The molecule has 0 saturated carbocycles. The first-order valence-electron chi connectivity index (χ1n) is 12.0. The van der Waals surface area contributed by atoms with Crippen molar-refractivity contribution in [1.29, 1.82) is 0 Å². The second-order valence-electron chi connectivity index (χ2n) is 9.35. The van der Waals surface area contributed by atoms with Crippen LogP contribution < -0.4 is 9.47 Å². The highest BCUT2D eigenvalue weighted by Gasteiger charge is 2.46. The molecule has 37 heavy (non-hydrogen) atoms. The van der Waals surface area contributed by atoms with Crippen LogP contribution in [0.5, 0.6) is 11.5 Å². The van der Waals surface area contributed by atoms with Gasteiger partial charge in [-0.05, 0) is 60.4 Å². The molecule has 2 aromatic carbocycles. The van der Waals surface area contributed by atoms with Crippen molar-refractivity contribution in [2.24, 2.45) is 5.92 Å². The number of methoxy groups -OCH3 is 1. The number of halogens is 1. The maximum Gasteiger partial charge on any atom is 0.296 e. The quantitative estimate of drug-likeness (QED) is 0.232. The van der Waals surface area contributed by atoms with Gasteiger partial charge in [-0.25, -0.2) is 0 Å². The molecule has 1 saturated heterocycles. The topological polar surface area (TPSA) is 89.0 Å². The number of ether oxygens (including phenoxy) is 2. The van der Waals surface area contributed by atoms with Gasteiger partial charge in [-0.2, -0.15) is 0 Å². The number of Topliss-reactive ketones (excluding diaryl/α,β-unsaturated/α-hetero) is 1. The van der Waals surface area contributed by atoms with Gasteiger partial charge in [0.1, 0.15) is 17.3 Å². The number of carbonyl (C=O) groups excluding carboxylic acids is 2. The van der Waals surface area contributed by atoms with E-state index in [0.29, 0.717) is 29.5 Å². The number of rotatable bonds is 8. The lowest BCUT2D eigenvalue weighted by molar-refractivity contribution is -0.140. The van der Waals surface area contributed by atoms with Crippen LogP contribution in [0, 0.1) is 12.8 Å². The third-order valence-electron chi connectivity index (χ3n) is 6.00. The van der Waals surface area contributed by atoms with Crippen LogP contribution in [-0.2, 0) is 16.1 Å². The fourth-order valence-electron chi connectivity index (χ4n) is 4.35. The molecule has 1 aliphatic rings. The Kier molecular flexibility index (Phi) is 7.83. The summed E-state index contributed by atoms with van der Waals surface area (Å²) in [5.74, 6) is -0.755. The molecule has 7 nitrogen and oxygen atoms in total. The minimum Gasteiger partial charge on any atom is -0.507 e. The van der Waals surface area contributed by atoms with E-state index in [1.165, 1.54) is 12.0 Å². The Morgan fingerprint density at radius 3 is 2.59 bits per heavy atom. The maximum absolute atomic E-state index is 13.4. The predicted molar refractivity (Wildman–Crippen MR) is 142 cm³/mol. The lowest BCUT2D eigenvalue weighted by atomic mass is 9.94. The van der Waals surface area contributed by atoms with E-state index in [1.54, 1.807) is 48.7 Å². The Labute approximate surface area is 221 Å². The van der Waals surface area contributed by atoms with E-state index in [1.807, 2.05) is 32.9 Å². The Bertz CT molecular complexity index is 1350. The van der Waals surface area contributed by atoms with Gasteiger partial charge in [0, 0.05) is 6.20 Å². The summed E-state index contributed by atoms with van der Waals surface area (Å²) in [7, 11) is 1.43. The standard InChI is InChI=1S/C29H29ClN2O5/c1-17(2)16-37-21-10-7-8-19(14-21)25-24(26(33)22-12-18(3)13-23(30)28(22)36-4)27(34)29(35)32(25)15-20-9-5-6-11-31-20/h5-14,17,25,33H,15-16H2,1-4H3/b26-24+. The first kappa shape index (κ1) is 26.2. The smallest absolute Gasteiger partial charge is 0.296 e. The second-order valence-corrected chi connectivity index (χ2v) is 9.76. The van der Waals surface area contributed by atoms with Gasteiger partial charge in [-0.1, -0.05) is 43.6 Å². The molecule has 1 unspecified atom stereocenters. The van der Waals surface area contributed by atoms with Gasteiger partial charge < -0.3 is 19.5 Å². The summed E-state index contributed by atoms with van der Waals surface area (Å²) < 4.78 is 11.4. The number of aliphatic hydroxyl groups is 1. The molecule has 1 fully saturated rings. The van der Waals surface area contributed by atoms with Crippen molar-refractivity contribution in [1.82, 2.24) is 9.88 Å². The van der Waals surface area contributed by atoms with Crippen LogP contribution in [0.1, 0.15) is 42.3 Å². The van der Waals surface area contributed by atoms with Crippen molar-refractivity contribution >= 4 is 29.1 Å². The highest BCUT2D eigenvalue weighted by atomic mass is 35.5. The van der Waals surface area contributed by atoms with Crippen LogP contribution in [-0.4, -0.2) is 40.4 Å². The zero-order valence-electron chi connectivity index (χ0n) is 21.2. The van der Waals surface area contributed by atoms with Gasteiger partial charge in [-0.15, -0.1) is 0 Å². The van der Waals surface area contributed by atoms with Crippen molar-refractivity contribution in [2.75, 3.05) is 13.7 Å². The fourth-order valence-corrected chi connectivity index (χ4v) is 4.70. The van der Waals surface area contributed by atoms with Gasteiger partial charge in [-0.3, -0.25) is 14.6 Å². The van der Waals surface area contributed by atoms with Crippen LogP contribution in [0.2, 0.25) is 5.02 Å². The number of carbonyl (C=O) groups is 2. The van der Waals surface area contributed by atoms with E-state index in [9.17, 15) is 14.7 Å². The van der Waals surface area contributed by atoms with Crippen molar-refractivity contribution in [3.05, 3.63) is 93.8 Å². The zero-order valence-corrected chi connectivity index (χ0v) is 22.0. The fraction of sp³-hybridized carbons (Fsp3) is 0.276. The molecule has 1 aliphatic heterocycles. The highest BCUT2D eigenvalue weighted by Crippen LogP contribution is 2.43. The molecular formula is C29H29ClN2O5. The maximum atomic E-state index is 13.4. The van der Waals surface area contributed by atoms with Gasteiger partial charge in [0.2, 0.25) is 0 Å². The minimum atomic E-state index is -0.881. The van der Waals surface area contributed by atoms with E-state index >= 15 is 0 Å². The Morgan fingerprint density at radius 1 is 1.14 bits per heavy atom. The monoisotopic (exact) mass is 520 g/mol. The number of ketones is 1. The minimum absolute atomic E-state index is 0.0538. The molecule has 0 aliphatic carbocycles. The van der Waals surface area contributed by atoms with Crippen LogP contribution in [0.3, 0.4) is 0 Å². The van der Waals surface area contributed by atoms with Gasteiger partial charge >= 0.3 is 0 Å². The lowest BCUT2D eigenvalue weighted by Crippen LogP contribution is -2.29. The molecule has 1 amide bonds. The average molecular weight is 521 g/mol. The Balaban J connectivity index is 1.90. The average Bonchev–Trinajstić information content (AvgIpc) is 3.12. The van der Waals surface area contributed by atoms with E-state index < -0.39 is 17.7 Å². The zero-order chi connectivity index (χ0) is 26.7. The van der Waals surface area contributed by atoms with Crippen LogP contribution in [0.15, 0.2) is 66.4 Å². The number of benzene rings is 2. The number of pyridine rings is 1. The van der Waals surface area contributed by atoms with Crippen LogP contribution >= 0.6 is 11.6 Å². The normalized spacial score (nSPS) is 16.9. The summed E-state index contributed by atoms with van der Waals surface area (Å²) in [5.41, 5.74) is 2.17. The van der Waals surface area contributed by atoms with Crippen molar-refractivity contribution in [2.45, 2.75) is 33.4 Å². The summed E-state index contributed by atoms with van der Waals surface area (Å²) in [6.45, 7) is 6.50. The molecule has 0 radical (unpaired) electrons. The number of aryl methyl sites for hydroxylation is 1. The first-order valence-corrected chi connectivity index (χ1v) is 12.3. The van der Waals surface area contributed by atoms with Crippen molar-refractivity contribution < 1.29 is 24.2 Å². The molecule has 1 N–H and O–H groups in total. The Hall–Kier alpha value is -3.84. The molecule has 8 heteroatoms. The van der Waals surface area contributed by atoms with Crippen molar-refractivity contribution in [3.63, 3.8) is 0 Å². The Morgan fingerprint density at radius 2 is 1.92 bits per heavy atom. The number of hydrogen-bond donors (Lipinski definition) is 1. The molecule has 1 atom stereocenters. The number of amides is 1. The summed E-state index contributed by atoms with van der Waals surface area (Å²) in [6, 6.07) is 15.1. The molecule has 4 rings (SSSR count). The van der Waals surface area contributed by atoms with Crippen LogP contribution in [0.25, 0.3) is 5.76 Å². The number of likely N-dealkylation sites (tertiary alicyclic amines) is 1. The number of hydrogen-bond acceptors (Lipinski definition) is 6. The number of aliphatic hydroxyl groups excluding tert-OH is 1. The molecule has 1 aromatic heterocycles. The van der Waals surface area contributed by atoms with E-state index in [-0.39, 0.29) is 34.2 Å². The third kappa shape index (κ3) is 5.47. The SMILES string of the molecule is COc1c(Cl)cc(C)cc1/C(O)=C1\C(=O)C(=O)N(Cc2ccccn2)C1c1cccc(OCC(C)C)c1. The third-order valence-corrected chi connectivity index (χ3v) is 6.28. The molecule has 0 bridgehead atoms. The summed E-state index contributed by atoms with van der Waals surface area (Å²) in [6.07, 6.45) is 1.63. The van der Waals surface area contributed by atoms with Gasteiger partial charge in [0.25, 0.3) is 11.7 Å². The molecule has 2 heterocycles. The summed E-state index contributed by atoms with van der Waals surface area (Å²) in [4.78, 5) is 32.5. The first-order chi connectivity index (χ1) is 17.7.